The van der Waals surface area contributed by atoms with E-state index < -0.39 is 76.9 Å². The first-order chi connectivity index (χ1) is 16.3. The Balaban J connectivity index is 1.46. The monoisotopic (exact) mass is 558 g/mol. The summed E-state index contributed by atoms with van der Waals surface area (Å²) in [5, 5.41) is -13.0. The maximum Gasteiger partial charge on any atom is 0.403 e. The Labute approximate surface area is 209 Å². The Bertz CT molecular complexity index is 1160. The van der Waals surface area contributed by atoms with Crippen molar-refractivity contribution in [3.8, 4) is 0 Å². The summed E-state index contributed by atoms with van der Waals surface area (Å²) in [5.41, 5.74) is -0.713. The number of ketones is 2. The fourth-order valence-corrected chi connectivity index (χ4v) is 11.4. The minimum atomic E-state index is -6.18. The molecule has 6 unspecified atom stereocenters. The Morgan fingerprint density at radius 1 is 0.806 bits per heavy atom. The van der Waals surface area contributed by atoms with Crippen LogP contribution < -0.4 is 0 Å². The first-order valence-electron chi connectivity index (χ1n) is 12.5. The number of carbonyl (C=O) groups is 2. The Morgan fingerprint density at radius 3 is 1.78 bits per heavy atom. The quantitative estimate of drug-likeness (QED) is 0.358. The smallest absolute Gasteiger partial charge is 0.292 e. The number of hydrogen-bond acceptors (Lipinski definition) is 6. The van der Waals surface area contributed by atoms with Gasteiger partial charge in [0.25, 0.3) is 0 Å². The number of halogens is 4. The summed E-state index contributed by atoms with van der Waals surface area (Å²) in [5.74, 6) is -4.42. The first kappa shape index (κ1) is 28.0. The van der Waals surface area contributed by atoms with E-state index in [1.807, 2.05) is 20.8 Å². The van der Waals surface area contributed by atoms with Crippen LogP contribution in [0.3, 0.4) is 0 Å². The standard InChI is InChI=1S/C24H34F4O6S2/c1-21(2)17-6-7-22(21,3)18(11-17)12-20(30)24(27,28)36(33,34)13-35(31,32)23(25,26)19(29)10-16-9-14-4-5-15(16)8-14/h14-18H,4-13H2,1-3H3. The number of Topliss-reactive ketones (excluding diaryl/α,β-unsaturated/α-hetero) is 2. The zero-order valence-corrected chi connectivity index (χ0v) is 22.4. The molecule has 4 bridgehead atoms. The van der Waals surface area contributed by atoms with Crippen LogP contribution in [-0.4, -0.2) is 44.0 Å². The molecule has 0 amide bonds. The van der Waals surface area contributed by atoms with E-state index in [4.69, 9.17) is 0 Å². The first-order valence-corrected chi connectivity index (χ1v) is 15.8. The predicted molar refractivity (Wildman–Crippen MR) is 124 cm³/mol. The maximum atomic E-state index is 14.8. The van der Waals surface area contributed by atoms with Gasteiger partial charge in [-0.25, -0.2) is 16.8 Å². The van der Waals surface area contributed by atoms with E-state index in [-0.39, 0.29) is 17.3 Å². The van der Waals surface area contributed by atoms with Gasteiger partial charge in [0.1, 0.15) is 0 Å². The molecule has 206 valence electrons. The summed E-state index contributed by atoms with van der Waals surface area (Å²) in [6.07, 6.45) is 3.43. The van der Waals surface area contributed by atoms with Gasteiger partial charge in [0, 0.05) is 12.8 Å². The van der Waals surface area contributed by atoms with Crippen LogP contribution in [-0.2, 0) is 29.3 Å². The zero-order valence-electron chi connectivity index (χ0n) is 20.7. The van der Waals surface area contributed by atoms with Gasteiger partial charge in [-0.15, -0.1) is 0 Å². The Kier molecular flexibility index (Phi) is 6.59. The average Bonchev–Trinajstić information content (AvgIpc) is 3.45. The summed E-state index contributed by atoms with van der Waals surface area (Å²) in [4.78, 5) is 24.7. The van der Waals surface area contributed by atoms with Crippen LogP contribution in [0.25, 0.3) is 0 Å². The molecule has 0 N–H and O–H groups in total. The third kappa shape index (κ3) is 4.07. The van der Waals surface area contributed by atoms with Crippen LogP contribution in [0.4, 0.5) is 17.6 Å². The Hall–Kier alpha value is -1.04. The number of sulfone groups is 2. The van der Waals surface area contributed by atoms with Crippen LogP contribution >= 0.6 is 0 Å². The minimum absolute atomic E-state index is 0.0285. The highest BCUT2D eigenvalue weighted by molar-refractivity contribution is 8.09. The van der Waals surface area contributed by atoms with E-state index in [2.05, 4.69) is 0 Å². The number of rotatable bonds is 10. The van der Waals surface area contributed by atoms with Crippen molar-refractivity contribution in [1.29, 1.82) is 0 Å². The molecular weight excluding hydrogens is 524 g/mol. The second kappa shape index (κ2) is 8.48. The largest absolute Gasteiger partial charge is 0.403 e. The van der Waals surface area contributed by atoms with Crippen LogP contribution in [0.15, 0.2) is 0 Å². The maximum absolute atomic E-state index is 14.8. The number of carbonyl (C=O) groups excluding carboxylic acids is 2. The number of hydrogen-bond donors (Lipinski definition) is 0. The van der Waals surface area contributed by atoms with Crippen LogP contribution in [0, 0.1) is 40.4 Å². The lowest BCUT2D eigenvalue weighted by Gasteiger charge is -2.39. The van der Waals surface area contributed by atoms with Gasteiger partial charge in [0.2, 0.25) is 31.2 Å². The van der Waals surface area contributed by atoms with E-state index in [1.54, 1.807) is 0 Å². The van der Waals surface area contributed by atoms with E-state index in [0.29, 0.717) is 25.2 Å². The third-order valence-corrected chi connectivity index (χ3v) is 15.0. The molecule has 0 aromatic heterocycles. The lowest BCUT2D eigenvalue weighted by Crippen LogP contribution is -2.48. The lowest BCUT2D eigenvalue weighted by atomic mass is 9.65. The van der Waals surface area contributed by atoms with Gasteiger partial charge in [-0.3, -0.25) is 9.59 Å². The van der Waals surface area contributed by atoms with Gasteiger partial charge in [-0.2, -0.15) is 17.6 Å². The molecule has 0 heterocycles. The van der Waals surface area contributed by atoms with Crippen LogP contribution in [0.1, 0.15) is 78.6 Å². The summed E-state index contributed by atoms with van der Waals surface area (Å²) in [6, 6.07) is 0. The normalized spacial score (nSPS) is 35.9. The molecule has 4 fully saturated rings. The van der Waals surface area contributed by atoms with Crippen molar-refractivity contribution < 1.29 is 44.0 Å². The van der Waals surface area contributed by atoms with Gasteiger partial charge >= 0.3 is 10.5 Å². The topological polar surface area (TPSA) is 102 Å². The molecule has 4 rings (SSSR count). The highest BCUT2D eigenvalue weighted by Crippen LogP contribution is 2.69. The molecular formula is C24H34F4O6S2. The molecule has 4 aliphatic rings. The van der Waals surface area contributed by atoms with E-state index in [0.717, 1.165) is 25.7 Å². The van der Waals surface area contributed by atoms with Crippen molar-refractivity contribution >= 4 is 31.2 Å². The molecule has 6 nitrogen and oxygen atoms in total. The zero-order chi connectivity index (χ0) is 27.1. The predicted octanol–water partition coefficient (Wildman–Crippen LogP) is 4.78. The SMILES string of the molecule is CC1(C)C2CCC1(C)C(CC(=O)C(F)(F)S(=O)(=O)CS(=O)(=O)C(F)(F)C(=O)CC1CC3CCC1C3)C2. The molecule has 6 atom stereocenters. The summed E-state index contributed by atoms with van der Waals surface area (Å²) < 4.78 is 108. The number of fused-ring (bicyclic) bond motifs is 4. The second-order valence-corrected chi connectivity index (χ2v) is 16.8. The van der Waals surface area contributed by atoms with E-state index in [1.165, 1.54) is 0 Å². The molecule has 36 heavy (non-hydrogen) atoms. The molecule has 4 aliphatic carbocycles. The fraction of sp³-hybridized carbons (Fsp3) is 0.917. The fourth-order valence-electron chi connectivity index (χ4n) is 7.70. The average molecular weight is 559 g/mol. The van der Waals surface area contributed by atoms with E-state index >= 15 is 0 Å². The molecule has 12 heteroatoms. The van der Waals surface area contributed by atoms with Gasteiger partial charge in [-0.05, 0) is 78.9 Å². The summed E-state index contributed by atoms with van der Waals surface area (Å²) >= 11 is 0. The highest BCUT2D eigenvalue weighted by atomic mass is 32.3. The van der Waals surface area contributed by atoms with Gasteiger partial charge in [0.05, 0.1) is 0 Å². The molecule has 0 aliphatic heterocycles. The van der Waals surface area contributed by atoms with Gasteiger partial charge in [0.15, 0.2) is 5.08 Å². The summed E-state index contributed by atoms with van der Waals surface area (Å²) in [7, 11) is -12.3. The van der Waals surface area contributed by atoms with Crippen molar-refractivity contribution in [2.75, 3.05) is 5.08 Å². The molecule has 0 aromatic rings. The van der Waals surface area contributed by atoms with Crippen LogP contribution in [0.2, 0.25) is 0 Å². The van der Waals surface area contributed by atoms with Crippen molar-refractivity contribution in [3.63, 3.8) is 0 Å². The summed E-state index contributed by atoms with van der Waals surface area (Å²) in [6.45, 7) is 5.83. The molecule has 0 spiro atoms. The minimum Gasteiger partial charge on any atom is -0.292 e. The number of alkyl halides is 4. The molecule has 0 aromatic carbocycles. The van der Waals surface area contributed by atoms with Crippen molar-refractivity contribution in [1.82, 2.24) is 0 Å². The molecule has 4 saturated carbocycles. The van der Waals surface area contributed by atoms with Crippen molar-refractivity contribution in [2.24, 2.45) is 40.4 Å². The third-order valence-electron chi connectivity index (χ3n) is 10.5. The lowest BCUT2D eigenvalue weighted by molar-refractivity contribution is -0.135. The van der Waals surface area contributed by atoms with Crippen molar-refractivity contribution in [2.45, 2.75) is 89.1 Å². The molecule has 0 saturated heterocycles. The van der Waals surface area contributed by atoms with Crippen LogP contribution in [0.5, 0.6) is 0 Å². The Morgan fingerprint density at radius 2 is 1.36 bits per heavy atom. The van der Waals surface area contributed by atoms with Crippen molar-refractivity contribution in [3.05, 3.63) is 0 Å². The van der Waals surface area contributed by atoms with E-state index in [9.17, 15) is 44.0 Å². The highest BCUT2D eigenvalue weighted by Gasteiger charge is 2.64. The van der Waals surface area contributed by atoms with Gasteiger partial charge in [-0.1, -0.05) is 27.2 Å². The van der Waals surface area contributed by atoms with Gasteiger partial charge < -0.3 is 0 Å². The second-order valence-electron chi connectivity index (χ2n) is 12.4. The molecule has 0 radical (unpaired) electrons.